The van der Waals surface area contributed by atoms with E-state index in [2.05, 4.69) is 6.07 Å². The molecule has 90 valence electrons. The van der Waals surface area contributed by atoms with Gasteiger partial charge >= 0.3 is 0 Å². The Kier molecular flexibility index (Phi) is 4.02. The molecule has 0 aliphatic rings. The molecule has 0 amide bonds. The van der Waals surface area contributed by atoms with Crippen molar-refractivity contribution in [1.82, 2.24) is 0 Å². The van der Waals surface area contributed by atoms with Crippen LogP contribution in [-0.2, 0) is 5.41 Å². The molecule has 0 heterocycles. The average molecular weight is 256 g/mol. The van der Waals surface area contributed by atoms with Crippen molar-refractivity contribution in [1.29, 1.82) is 5.26 Å². The molecule has 2 rings (SSSR count). The van der Waals surface area contributed by atoms with Gasteiger partial charge in [0.1, 0.15) is 5.41 Å². The Bertz CT molecular complexity index is 489. The second-order valence-corrected chi connectivity index (χ2v) is 4.57. The normalized spacial score (nSPS) is 10.9. The molecule has 2 aromatic rings. The second-order valence-electron chi connectivity index (χ2n) is 4.19. The molecule has 0 fully saturated rings. The van der Waals surface area contributed by atoms with Gasteiger partial charge in [-0.15, -0.1) is 11.6 Å². The van der Waals surface area contributed by atoms with E-state index >= 15 is 0 Å². The minimum absolute atomic E-state index is 0.456. The monoisotopic (exact) mass is 255 g/mol. The van der Waals surface area contributed by atoms with Gasteiger partial charge in [-0.2, -0.15) is 5.26 Å². The first kappa shape index (κ1) is 12.7. The first-order valence-electron chi connectivity index (χ1n) is 5.92. The number of halogens is 1. The molecule has 0 atom stereocenters. The molecule has 0 bridgehead atoms. The summed E-state index contributed by atoms with van der Waals surface area (Å²) in [5.41, 5.74) is 1.35. The Labute approximate surface area is 113 Å². The van der Waals surface area contributed by atoms with Crippen LogP contribution in [0.5, 0.6) is 0 Å². The van der Waals surface area contributed by atoms with E-state index in [0.29, 0.717) is 12.3 Å². The second kappa shape index (κ2) is 5.71. The number of alkyl halides is 1. The van der Waals surface area contributed by atoms with E-state index in [9.17, 15) is 5.26 Å². The number of hydrogen-bond donors (Lipinski definition) is 0. The highest BCUT2D eigenvalue weighted by Crippen LogP contribution is 2.35. The Hall–Kier alpha value is -1.78. The van der Waals surface area contributed by atoms with Gasteiger partial charge in [0.25, 0.3) is 0 Å². The van der Waals surface area contributed by atoms with E-state index in [1.165, 1.54) is 0 Å². The first-order valence-corrected chi connectivity index (χ1v) is 6.45. The van der Waals surface area contributed by atoms with Crippen molar-refractivity contribution in [3.63, 3.8) is 0 Å². The zero-order valence-corrected chi connectivity index (χ0v) is 10.8. The summed E-state index contributed by atoms with van der Waals surface area (Å²) in [4.78, 5) is 0. The van der Waals surface area contributed by atoms with Crippen LogP contribution >= 0.6 is 11.6 Å². The van der Waals surface area contributed by atoms with Gasteiger partial charge in [0, 0.05) is 5.88 Å². The van der Waals surface area contributed by atoms with Crippen LogP contribution in [0.3, 0.4) is 0 Å². The lowest BCUT2D eigenvalue weighted by Crippen LogP contribution is -2.26. The lowest BCUT2D eigenvalue weighted by molar-refractivity contribution is 0.636. The summed E-state index contributed by atoms with van der Waals surface area (Å²) in [5, 5.41) is 9.71. The SMILES string of the molecule is N#CC(CCCl)(c1ccccc1)c1ccccc1. The van der Waals surface area contributed by atoms with E-state index in [-0.39, 0.29) is 0 Å². The van der Waals surface area contributed by atoms with Gasteiger partial charge in [-0.1, -0.05) is 60.7 Å². The highest BCUT2D eigenvalue weighted by Gasteiger charge is 2.33. The third-order valence-electron chi connectivity index (χ3n) is 3.19. The molecular weight excluding hydrogens is 242 g/mol. The van der Waals surface area contributed by atoms with Crippen molar-refractivity contribution in [2.45, 2.75) is 11.8 Å². The summed E-state index contributed by atoms with van der Waals surface area (Å²) in [6.45, 7) is 0. The van der Waals surface area contributed by atoms with E-state index in [1.807, 2.05) is 60.7 Å². The van der Waals surface area contributed by atoms with E-state index in [1.54, 1.807) is 0 Å². The smallest absolute Gasteiger partial charge is 0.108 e. The minimum Gasteiger partial charge on any atom is -0.197 e. The highest BCUT2D eigenvalue weighted by molar-refractivity contribution is 6.18. The number of hydrogen-bond acceptors (Lipinski definition) is 1. The quantitative estimate of drug-likeness (QED) is 0.754. The summed E-state index contributed by atoms with van der Waals surface area (Å²) in [6, 6.07) is 22.2. The fraction of sp³-hybridized carbons (Fsp3) is 0.188. The Balaban J connectivity index is 2.58. The van der Waals surface area contributed by atoms with Crippen molar-refractivity contribution < 1.29 is 0 Å². The van der Waals surface area contributed by atoms with Crippen LogP contribution in [0.2, 0.25) is 0 Å². The van der Waals surface area contributed by atoms with Crippen LogP contribution in [0.1, 0.15) is 17.5 Å². The predicted octanol–water partition coefficient (Wildman–Crippen LogP) is 4.13. The number of nitriles is 1. The molecule has 0 aliphatic carbocycles. The maximum absolute atomic E-state index is 9.71. The molecule has 0 N–H and O–H groups in total. The maximum atomic E-state index is 9.71. The summed E-state index contributed by atoms with van der Waals surface area (Å²) in [6.07, 6.45) is 0.610. The third-order valence-corrected chi connectivity index (χ3v) is 3.38. The van der Waals surface area contributed by atoms with Crippen molar-refractivity contribution in [2.24, 2.45) is 0 Å². The minimum atomic E-state index is -0.649. The van der Waals surface area contributed by atoms with Crippen LogP contribution in [0.4, 0.5) is 0 Å². The molecule has 0 saturated heterocycles. The molecule has 0 aromatic heterocycles. The van der Waals surface area contributed by atoms with E-state index in [0.717, 1.165) is 11.1 Å². The maximum Gasteiger partial charge on any atom is 0.108 e. The van der Waals surface area contributed by atoms with Gasteiger partial charge in [0.15, 0.2) is 0 Å². The summed E-state index contributed by atoms with van der Waals surface area (Å²) >= 11 is 5.91. The van der Waals surface area contributed by atoms with Gasteiger partial charge < -0.3 is 0 Å². The standard InChI is InChI=1S/C16H14ClN/c17-12-11-16(13-18,14-7-3-1-4-8-14)15-9-5-2-6-10-15/h1-10H,11-12H2. The topological polar surface area (TPSA) is 23.8 Å². The Morgan fingerprint density at radius 1 is 0.889 bits per heavy atom. The van der Waals surface area contributed by atoms with Crippen LogP contribution in [0.15, 0.2) is 60.7 Å². The number of benzene rings is 2. The summed E-state index contributed by atoms with van der Waals surface area (Å²) in [7, 11) is 0. The van der Waals surface area contributed by atoms with Crippen molar-refractivity contribution in [3.05, 3.63) is 71.8 Å². The van der Waals surface area contributed by atoms with Crippen LogP contribution in [0, 0.1) is 11.3 Å². The molecule has 18 heavy (non-hydrogen) atoms. The average Bonchev–Trinajstić information content (AvgIpc) is 2.47. The van der Waals surface area contributed by atoms with Gasteiger partial charge in [-0.3, -0.25) is 0 Å². The lowest BCUT2D eigenvalue weighted by atomic mass is 9.74. The van der Waals surface area contributed by atoms with E-state index in [4.69, 9.17) is 11.6 Å². The molecule has 1 nitrogen and oxygen atoms in total. The molecular formula is C16H14ClN. The molecule has 0 unspecified atom stereocenters. The zero-order valence-electron chi connectivity index (χ0n) is 10.0. The Morgan fingerprint density at radius 3 is 1.67 bits per heavy atom. The third kappa shape index (κ3) is 2.25. The van der Waals surface area contributed by atoms with Crippen molar-refractivity contribution >= 4 is 11.6 Å². The van der Waals surface area contributed by atoms with Crippen LogP contribution in [-0.4, -0.2) is 5.88 Å². The molecule has 2 aromatic carbocycles. The Morgan fingerprint density at radius 2 is 1.33 bits per heavy atom. The summed E-state index contributed by atoms with van der Waals surface area (Å²) in [5.74, 6) is 0.456. The number of rotatable bonds is 4. The van der Waals surface area contributed by atoms with Crippen molar-refractivity contribution in [2.75, 3.05) is 5.88 Å². The predicted molar refractivity (Wildman–Crippen MR) is 74.6 cm³/mol. The van der Waals surface area contributed by atoms with Gasteiger partial charge in [-0.05, 0) is 17.5 Å². The van der Waals surface area contributed by atoms with Gasteiger partial charge in [0.2, 0.25) is 0 Å². The fourth-order valence-corrected chi connectivity index (χ4v) is 2.51. The van der Waals surface area contributed by atoms with Gasteiger partial charge in [-0.25, -0.2) is 0 Å². The van der Waals surface area contributed by atoms with E-state index < -0.39 is 5.41 Å². The molecule has 0 aliphatic heterocycles. The molecule has 0 spiro atoms. The molecule has 0 radical (unpaired) electrons. The summed E-state index contributed by atoms with van der Waals surface area (Å²) < 4.78 is 0. The van der Waals surface area contributed by atoms with Crippen LogP contribution in [0.25, 0.3) is 0 Å². The molecule has 0 saturated carbocycles. The molecule has 2 heteroatoms. The highest BCUT2D eigenvalue weighted by atomic mass is 35.5. The largest absolute Gasteiger partial charge is 0.197 e. The lowest BCUT2D eigenvalue weighted by Gasteiger charge is -2.27. The fourth-order valence-electron chi connectivity index (χ4n) is 2.23. The van der Waals surface area contributed by atoms with Crippen LogP contribution < -0.4 is 0 Å². The number of nitrogens with zero attached hydrogens (tertiary/aromatic N) is 1. The van der Waals surface area contributed by atoms with Gasteiger partial charge in [0.05, 0.1) is 6.07 Å². The first-order chi connectivity index (χ1) is 8.83. The van der Waals surface area contributed by atoms with Crippen molar-refractivity contribution in [3.8, 4) is 6.07 Å². The zero-order chi connectivity index (χ0) is 12.8.